The summed E-state index contributed by atoms with van der Waals surface area (Å²) >= 11 is 0. The second kappa shape index (κ2) is 10.1. The summed E-state index contributed by atoms with van der Waals surface area (Å²) < 4.78 is 5.62. The van der Waals surface area contributed by atoms with Gasteiger partial charge in [0, 0.05) is 18.4 Å². The molecule has 3 atom stereocenters. The summed E-state index contributed by atoms with van der Waals surface area (Å²) in [5, 5.41) is 14.6. The predicted molar refractivity (Wildman–Crippen MR) is 124 cm³/mol. The highest BCUT2D eigenvalue weighted by Crippen LogP contribution is 2.44. The zero-order valence-electron chi connectivity index (χ0n) is 18.8. The van der Waals surface area contributed by atoms with Crippen molar-refractivity contribution in [3.8, 4) is 11.1 Å². The van der Waals surface area contributed by atoms with Crippen molar-refractivity contribution in [2.24, 2.45) is 5.92 Å². The van der Waals surface area contributed by atoms with Crippen LogP contribution in [-0.4, -0.2) is 41.8 Å². The maximum atomic E-state index is 12.5. The number of aliphatic carboxylic acids is 1. The molecule has 0 radical (unpaired) electrons. The summed E-state index contributed by atoms with van der Waals surface area (Å²) in [5.74, 6) is -1.14. The third-order valence-corrected chi connectivity index (χ3v) is 6.72. The van der Waals surface area contributed by atoms with Crippen LogP contribution in [0.15, 0.2) is 48.5 Å². The molecule has 2 aliphatic rings. The van der Waals surface area contributed by atoms with Crippen molar-refractivity contribution in [2.45, 2.75) is 57.0 Å². The normalized spacial score (nSPS) is 19.9. The molecule has 4 rings (SSSR count). The van der Waals surface area contributed by atoms with E-state index < -0.39 is 18.1 Å². The smallest absolute Gasteiger partial charge is 0.407 e. The lowest BCUT2D eigenvalue weighted by atomic mass is 9.98. The number of amides is 2. The first-order valence-corrected chi connectivity index (χ1v) is 11.6. The molecule has 33 heavy (non-hydrogen) atoms. The lowest BCUT2D eigenvalue weighted by Gasteiger charge is -2.17. The molecule has 1 fully saturated rings. The summed E-state index contributed by atoms with van der Waals surface area (Å²) in [6.07, 6.45) is 2.44. The Labute approximate surface area is 193 Å². The number of benzene rings is 2. The van der Waals surface area contributed by atoms with E-state index in [-0.39, 0.29) is 36.8 Å². The van der Waals surface area contributed by atoms with Crippen molar-refractivity contribution < 1.29 is 24.2 Å². The lowest BCUT2D eigenvalue weighted by Crippen LogP contribution is -2.40. The molecule has 0 unspecified atom stereocenters. The summed E-state index contributed by atoms with van der Waals surface area (Å²) in [6, 6.07) is 15.5. The number of ether oxygens (including phenoxy) is 1. The SMILES string of the molecule is CC[C@H](NC(=O)C[C@H]1CC[C@@H](NC(=O)OCC2c3ccccc3-c3ccccc32)C1)C(=O)O. The molecule has 3 N–H and O–H groups in total. The van der Waals surface area contributed by atoms with Crippen molar-refractivity contribution in [2.75, 3.05) is 6.61 Å². The number of nitrogens with one attached hydrogen (secondary N) is 2. The molecule has 2 amide bonds. The van der Waals surface area contributed by atoms with E-state index in [1.807, 2.05) is 24.3 Å². The zero-order valence-corrected chi connectivity index (χ0v) is 18.8. The van der Waals surface area contributed by atoms with E-state index in [0.29, 0.717) is 12.8 Å². The minimum Gasteiger partial charge on any atom is -0.480 e. The average Bonchev–Trinajstić information content (AvgIpc) is 3.37. The van der Waals surface area contributed by atoms with Crippen LogP contribution in [0.25, 0.3) is 11.1 Å². The molecule has 7 nitrogen and oxygen atoms in total. The van der Waals surface area contributed by atoms with Crippen LogP contribution in [0.1, 0.15) is 56.1 Å². The van der Waals surface area contributed by atoms with Crippen molar-refractivity contribution in [3.05, 3.63) is 59.7 Å². The molecule has 0 spiro atoms. The number of carbonyl (C=O) groups excluding carboxylic acids is 2. The van der Waals surface area contributed by atoms with Crippen molar-refractivity contribution in [1.29, 1.82) is 0 Å². The van der Waals surface area contributed by atoms with Gasteiger partial charge in [0.15, 0.2) is 0 Å². The molecular formula is C26H30N2O5. The number of hydrogen-bond donors (Lipinski definition) is 3. The van der Waals surface area contributed by atoms with Crippen LogP contribution in [0.3, 0.4) is 0 Å². The standard InChI is InChI=1S/C26H30N2O5/c1-2-23(25(30)31)28-24(29)14-16-11-12-17(13-16)27-26(32)33-15-22-20-9-5-3-7-18(20)19-8-4-6-10-21(19)22/h3-10,16-17,22-23H,2,11-15H2,1H3,(H,27,32)(H,28,29)(H,30,31)/t16-,17+,23-/m0/s1. The number of rotatable bonds is 8. The first kappa shape index (κ1) is 22.8. The summed E-state index contributed by atoms with van der Waals surface area (Å²) in [7, 11) is 0. The lowest BCUT2D eigenvalue weighted by molar-refractivity contribution is -0.142. The molecule has 0 aromatic heterocycles. The number of fused-ring (bicyclic) bond motifs is 3. The van der Waals surface area contributed by atoms with Gasteiger partial charge < -0.3 is 20.5 Å². The fourth-order valence-electron chi connectivity index (χ4n) is 5.05. The van der Waals surface area contributed by atoms with Gasteiger partial charge >= 0.3 is 12.1 Å². The molecular weight excluding hydrogens is 420 g/mol. The van der Waals surface area contributed by atoms with E-state index in [2.05, 4.69) is 34.9 Å². The second-order valence-corrected chi connectivity index (χ2v) is 8.92. The molecule has 0 heterocycles. The van der Waals surface area contributed by atoms with Gasteiger partial charge in [-0.15, -0.1) is 0 Å². The van der Waals surface area contributed by atoms with E-state index in [1.165, 1.54) is 22.3 Å². The highest BCUT2D eigenvalue weighted by atomic mass is 16.5. The van der Waals surface area contributed by atoms with Gasteiger partial charge in [-0.1, -0.05) is 55.5 Å². The van der Waals surface area contributed by atoms with Gasteiger partial charge in [-0.3, -0.25) is 4.79 Å². The highest BCUT2D eigenvalue weighted by Gasteiger charge is 2.31. The fourth-order valence-corrected chi connectivity index (χ4v) is 5.05. The Morgan fingerprint density at radius 3 is 2.27 bits per heavy atom. The molecule has 2 aliphatic carbocycles. The Morgan fingerprint density at radius 2 is 1.67 bits per heavy atom. The van der Waals surface area contributed by atoms with Crippen LogP contribution in [0, 0.1) is 5.92 Å². The Bertz CT molecular complexity index is 991. The van der Waals surface area contributed by atoms with Gasteiger partial charge in [0.25, 0.3) is 0 Å². The molecule has 0 saturated heterocycles. The van der Waals surface area contributed by atoms with Gasteiger partial charge in [0.05, 0.1) is 0 Å². The van der Waals surface area contributed by atoms with E-state index in [1.54, 1.807) is 6.92 Å². The number of carboxylic acids is 1. The monoisotopic (exact) mass is 450 g/mol. The van der Waals surface area contributed by atoms with Crippen LogP contribution in [-0.2, 0) is 14.3 Å². The zero-order chi connectivity index (χ0) is 23.4. The molecule has 7 heteroatoms. The first-order valence-electron chi connectivity index (χ1n) is 11.6. The number of carbonyl (C=O) groups is 3. The topological polar surface area (TPSA) is 105 Å². The Hall–Kier alpha value is -3.35. The number of carboxylic acid groups (broad SMARTS) is 1. The minimum absolute atomic E-state index is 0.0175. The van der Waals surface area contributed by atoms with Gasteiger partial charge in [0.1, 0.15) is 12.6 Å². The van der Waals surface area contributed by atoms with E-state index in [4.69, 9.17) is 9.84 Å². The molecule has 0 bridgehead atoms. The molecule has 2 aromatic carbocycles. The van der Waals surface area contributed by atoms with Gasteiger partial charge in [-0.05, 0) is 53.9 Å². The third-order valence-electron chi connectivity index (χ3n) is 6.72. The summed E-state index contributed by atoms with van der Waals surface area (Å²) in [4.78, 5) is 35.7. The van der Waals surface area contributed by atoms with Crippen LogP contribution < -0.4 is 10.6 Å². The van der Waals surface area contributed by atoms with Crippen molar-refractivity contribution in [3.63, 3.8) is 0 Å². The Morgan fingerprint density at radius 1 is 1.03 bits per heavy atom. The molecule has 2 aromatic rings. The maximum Gasteiger partial charge on any atom is 0.407 e. The predicted octanol–water partition coefficient (Wildman–Crippen LogP) is 4.06. The van der Waals surface area contributed by atoms with Gasteiger partial charge in [0.2, 0.25) is 5.91 Å². The van der Waals surface area contributed by atoms with Crippen molar-refractivity contribution >= 4 is 18.0 Å². The van der Waals surface area contributed by atoms with Gasteiger partial charge in [-0.2, -0.15) is 0 Å². The Kier molecular flexibility index (Phi) is 6.96. The summed E-state index contributed by atoms with van der Waals surface area (Å²) in [5.41, 5.74) is 4.72. The fraction of sp³-hybridized carbons (Fsp3) is 0.423. The third kappa shape index (κ3) is 5.18. The second-order valence-electron chi connectivity index (χ2n) is 8.92. The minimum atomic E-state index is -1.02. The summed E-state index contributed by atoms with van der Waals surface area (Å²) in [6.45, 7) is 2.00. The van der Waals surface area contributed by atoms with E-state index >= 15 is 0 Å². The van der Waals surface area contributed by atoms with Crippen LogP contribution in [0.4, 0.5) is 4.79 Å². The van der Waals surface area contributed by atoms with E-state index in [9.17, 15) is 14.4 Å². The van der Waals surface area contributed by atoms with Gasteiger partial charge in [-0.25, -0.2) is 9.59 Å². The quantitative estimate of drug-likeness (QED) is 0.563. The van der Waals surface area contributed by atoms with Crippen molar-refractivity contribution in [1.82, 2.24) is 10.6 Å². The van der Waals surface area contributed by atoms with E-state index in [0.717, 1.165) is 12.8 Å². The highest BCUT2D eigenvalue weighted by molar-refractivity contribution is 5.83. The average molecular weight is 451 g/mol. The van der Waals surface area contributed by atoms with Crippen LogP contribution in [0.2, 0.25) is 0 Å². The largest absolute Gasteiger partial charge is 0.480 e. The molecule has 1 saturated carbocycles. The maximum absolute atomic E-state index is 12.5. The molecule has 0 aliphatic heterocycles. The number of hydrogen-bond acceptors (Lipinski definition) is 4. The van der Waals surface area contributed by atoms with Crippen LogP contribution in [0.5, 0.6) is 0 Å². The first-order chi connectivity index (χ1) is 16.0. The number of alkyl carbamates (subject to hydrolysis) is 1. The van der Waals surface area contributed by atoms with Crippen LogP contribution >= 0.6 is 0 Å². The Balaban J connectivity index is 1.26. The molecule has 174 valence electrons.